The van der Waals surface area contributed by atoms with Crippen LogP contribution in [0.15, 0.2) is 0 Å². The van der Waals surface area contributed by atoms with E-state index in [0.29, 0.717) is 0 Å². The molecule has 0 bridgehead atoms. The fraction of sp³-hybridized carbons (Fsp3) is 1.00. The van der Waals surface area contributed by atoms with Gasteiger partial charge in [0.25, 0.3) is 0 Å². The van der Waals surface area contributed by atoms with E-state index in [4.69, 9.17) is 0 Å². The molecule has 0 aliphatic heterocycles. The molecule has 30 heavy (non-hydrogen) atoms. The summed E-state index contributed by atoms with van der Waals surface area (Å²) in [5, 5.41) is 2.37. The molecule has 0 fully saturated rings. The molecule has 0 spiro atoms. The number of alkyl halides is 2. The summed E-state index contributed by atoms with van der Waals surface area (Å²) in [6, 6.07) is 0. The minimum Gasteiger partial charge on any atom is -0.0928 e. The first-order valence-corrected chi connectivity index (χ1v) is 16.3. The van der Waals surface area contributed by atoms with Crippen LogP contribution in [0.2, 0.25) is 0 Å². The third kappa shape index (κ3) is 29.0. The molecule has 0 radical (unpaired) electrons. The van der Waals surface area contributed by atoms with Crippen LogP contribution in [-0.4, -0.2) is 10.7 Å². The molecular weight excluding hydrogens is 496 g/mol. The Labute approximate surface area is 208 Å². The summed E-state index contributed by atoms with van der Waals surface area (Å²) in [7, 11) is 0. The number of rotatable bonds is 27. The van der Waals surface area contributed by atoms with Crippen LogP contribution in [0.1, 0.15) is 167 Å². The SMILES string of the molecule is BrCCCCCCCCCCCCCCCCCCCCCCCCCCCCBr. The summed E-state index contributed by atoms with van der Waals surface area (Å²) in [5.41, 5.74) is 0. The van der Waals surface area contributed by atoms with Crippen molar-refractivity contribution in [3.63, 3.8) is 0 Å². The van der Waals surface area contributed by atoms with Gasteiger partial charge in [0.2, 0.25) is 0 Å². The van der Waals surface area contributed by atoms with Crippen LogP contribution in [0.5, 0.6) is 0 Å². The molecule has 0 amide bonds. The third-order valence-electron chi connectivity index (χ3n) is 6.52. The van der Waals surface area contributed by atoms with Crippen molar-refractivity contribution in [1.29, 1.82) is 0 Å². The molecule has 0 rings (SSSR count). The Balaban J connectivity index is 2.97. The smallest absolute Gasteiger partial charge is 0.00313 e. The largest absolute Gasteiger partial charge is 0.0928 e. The molecule has 0 aromatic carbocycles. The zero-order valence-electron chi connectivity index (χ0n) is 20.6. The Bertz CT molecular complexity index is 252. The summed E-state index contributed by atoms with van der Waals surface area (Å²) in [6.07, 6.45) is 38.1. The summed E-state index contributed by atoms with van der Waals surface area (Å²) in [4.78, 5) is 0. The van der Waals surface area contributed by atoms with E-state index in [2.05, 4.69) is 31.9 Å². The molecule has 0 unspecified atom stereocenters. The maximum atomic E-state index is 3.51. The van der Waals surface area contributed by atoms with E-state index in [0.717, 1.165) is 0 Å². The van der Waals surface area contributed by atoms with E-state index < -0.39 is 0 Å². The second-order valence-electron chi connectivity index (χ2n) is 9.57. The highest BCUT2D eigenvalue weighted by molar-refractivity contribution is 9.09. The van der Waals surface area contributed by atoms with Gasteiger partial charge >= 0.3 is 0 Å². The zero-order valence-corrected chi connectivity index (χ0v) is 23.7. The number of unbranched alkanes of at least 4 members (excludes halogenated alkanes) is 25. The van der Waals surface area contributed by atoms with Crippen molar-refractivity contribution in [1.82, 2.24) is 0 Å². The van der Waals surface area contributed by atoms with E-state index >= 15 is 0 Å². The molecule has 0 N–H and O–H groups in total. The fourth-order valence-corrected chi connectivity index (χ4v) is 5.22. The lowest BCUT2D eigenvalue weighted by molar-refractivity contribution is 0.516. The van der Waals surface area contributed by atoms with Gasteiger partial charge in [-0.2, -0.15) is 0 Å². The van der Waals surface area contributed by atoms with E-state index in [1.54, 1.807) is 0 Å². The first-order valence-electron chi connectivity index (χ1n) is 14.0. The van der Waals surface area contributed by atoms with Gasteiger partial charge in [0.1, 0.15) is 0 Å². The topological polar surface area (TPSA) is 0 Å². The van der Waals surface area contributed by atoms with Crippen LogP contribution in [0.3, 0.4) is 0 Å². The Morgan fingerprint density at radius 2 is 0.267 bits per heavy atom. The molecule has 0 aliphatic carbocycles. The minimum atomic E-state index is 1.19. The third-order valence-corrected chi connectivity index (χ3v) is 7.64. The Morgan fingerprint density at radius 1 is 0.167 bits per heavy atom. The molecule has 0 atom stereocenters. The van der Waals surface area contributed by atoms with Crippen LogP contribution in [0, 0.1) is 0 Å². The van der Waals surface area contributed by atoms with Crippen LogP contribution < -0.4 is 0 Å². The second kappa shape index (κ2) is 30.0. The number of hydrogen-bond donors (Lipinski definition) is 0. The van der Waals surface area contributed by atoms with Crippen LogP contribution >= 0.6 is 31.9 Å². The monoisotopic (exact) mass is 550 g/mol. The predicted molar refractivity (Wildman–Crippen MR) is 148 cm³/mol. The molecule has 182 valence electrons. The Kier molecular flexibility index (Phi) is 30.9. The average Bonchev–Trinajstić information content (AvgIpc) is 2.76. The summed E-state index contributed by atoms with van der Waals surface area (Å²) in [5.74, 6) is 0. The Morgan fingerprint density at radius 3 is 0.367 bits per heavy atom. The molecule has 0 saturated carbocycles. The van der Waals surface area contributed by atoms with Crippen molar-refractivity contribution in [2.24, 2.45) is 0 Å². The molecule has 2 heteroatoms. The van der Waals surface area contributed by atoms with Gasteiger partial charge in [-0.15, -0.1) is 0 Å². The Hall–Kier alpha value is 0.960. The molecule has 0 aromatic rings. The van der Waals surface area contributed by atoms with Gasteiger partial charge in [-0.3, -0.25) is 0 Å². The van der Waals surface area contributed by atoms with Gasteiger partial charge in [-0.05, 0) is 12.8 Å². The van der Waals surface area contributed by atoms with Crippen molar-refractivity contribution in [3.05, 3.63) is 0 Å². The molecule has 0 aliphatic rings. The first kappa shape index (κ1) is 31.0. The maximum Gasteiger partial charge on any atom is 0.00313 e. The first-order chi connectivity index (χ1) is 14.9. The zero-order chi connectivity index (χ0) is 21.8. The normalized spacial score (nSPS) is 11.4. The van der Waals surface area contributed by atoms with E-state index in [1.165, 1.54) is 178 Å². The summed E-state index contributed by atoms with van der Waals surface area (Å²) in [6.45, 7) is 0. The number of hydrogen-bond acceptors (Lipinski definition) is 0. The fourth-order valence-electron chi connectivity index (χ4n) is 4.43. The van der Waals surface area contributed by atoms with Gasteiger partial charge in [0.05, 0.1) is 0 Å². The van der Waals surface area contributed by atoms with Crippen molar-refractivity contribution in [3.8, 4) is 0 Å². The summed E-state index contributed by atoms with van der Waals surface area (Å²) < 4.78 is 0. The lowest BCUT2D eigenvalue weighted by Crippen LogP contribution is -1.85. The minimum absolute atomic E-state index is 1.19. The predicted octanol–water partition coefficient (Wildman–Crippen LogP) is 11.9. The van der Waals surface area contributed by atoms with Crippen molar-refractivity contribution < 1.29 is 0 Å². The van der Waals surface area contributed by atoms with Crippen LogP contribution in [-0.2, 0) is 0 Å². The van der Waals surface area contributed by atoms with Crippen molar-refractivity contribution >= 4 is 31.9 Å². The quantitative estimate of drug-likeness (QED) is 0.0702. The van der Waals surface area contributed by atoms with Gasteiger partial charge in [-0.1, -0.05) is 186 Å². The summed E-state index contributed by atoms with van der Waals surface area (Å²) >= 11 is 7.03. The van der Waals surface area contributed by atoms with Gasteiger partial charge < -0.3 is 0 Å². The van der Waals surface area contributed by atoms with Crippen molar-refractivity contribution in [2.45, 2.75) is 167 Å². The molecule has 0 aromatic heterocycles. The van der Waals surface area contributed by atoms with Gasteiger partial charge in [-0.25, -0.2) is 0 Å². The van der Waals surface area contributed by atoms with Gasteiger partial charge in [0.15, 0.2) is 0 Å². The molecule has 0 nitrogen and oxygen atoms in total. The standard InChI is InChI=1S/C28H56Br2/c29-27-25-23-21-19-17-15-13-11-9-7-5-3-1-2-4-6-8-10-12-14-16-18-20-22-24-26-28-30/h1-28H2. The highest BCUT2D eigenvalue weighted by Gasteiger charge is 1.96. The lowest BCUT2D eigenvalue weighted by Gasteiger charge is -2.04. The van der Waals surface area contributed by atoms with Crippen LogP contribution in [0.25, 0.3) is 0 Å². The molecule has 0 heterocycles. The maximum absolute atomic E-state index is 3.51. The van der Waals surface area contributed by atoms with E-state index in [1.807, 2.05) is 0 Å². The second-order valence-corrected chi connectivity index (χ2v) is 11.2. The molecule has 0 saturated heterocycles. The molecular formula is C28H56Br2. The highest BCUT2D eigenvalue weighted by Crippen LogP contribution is 2.16. The highest BCUT2D eigenvalue weighted by atomic mass is 79.9. The van der Waals surface area contributed by atoms with Gasteiger partial charge in [0, 0.05) is 10.7 Å². The average molecular weight is 553 g/mol. The lowest BCUT2D eigenvalue weighted by atomic mass is 10.0. The van der Waals surface area contributed by atoms with Crippen LogP contribution in [0.4, 0.5) is 0 Å². The van der Waals surface area contributed by atoms with E-state index in [9.17, 15) is 0 Å². The van der Waals surface area contributed by atoms with E-state index in [-0.39, 0.29) is 0 Å². The van der Waals surface area contributed by atoms with Crippen molar-refractivity contribution in [2.75, 3.05) is 10.7 Å². The number of halogens is 2.